The number of carbonyl (C=O) groups excluding carboxylic acids is 1. The van der Waals surface area contributed by atoms with Crippen molar-refractivity contribution in [3.63, 3.8) is 0 Å². The molecule has 0 spiro atoms. The zero-order valence-corrected chi connectivity index (χ0v) is 11.3. The van der Waals surface area contributed by atoms with Crippen LogP contribution in [-0.4, -0.2) is 29.8 Å². The summed E-state index contributed by atoms with van der Waals surface area (Å²) in [4.78, 5) is 11.7. The van der Waals surface area contributed by atoms with Crippen molar-refractivity contribution in [3.8, 4) is 0 Å². The van der Waals surface area contributed by atoms with Gasteiger partial charge in [0.1, 0.15) is 0 Å². The summed E-state index contributed by atoms with van der Waals surface area (Å²) in [5.74, 6) is 0. The Hall–Kier alpha value is -0.770. The third-order valence-corrected chi connectivity index (χ3v) is 3.10. The smallest absolute Gasteiger partial charge is 0.315 e. The summed E-state index contributed by atoms with van der Waals surface area (Å²) in [6.45, 7) is 6.31. The van der Waals surface area contributed by atoms with Crippen LogP contribution in [0.25, 0.3) is 0 Å². The predicted octanol–water partition coefficient (Wildman–Crippen LogP) is 2.03. The molecule has 0 bridgehead atoms. The van der Waals surface area contributed by atoms with E-state index in [0.29, 0.717) is 6.04 Å². The van der Waals surface area contributed by atoms with Gasteiger partial charge in [-0.3, -0.25) is 0 Å². The molecule has 100 valence electrons. The van der Waals surface area contributed by atoms with E-state index in [0.717, 1.165) is 19.3 Å². The molecule has 1 fully saturated rings. The first-order chi connectivity index (χ1) is 7.90. The fraction of sp³-hybridized carbons (Fsp3) is 0.923. The van der Waals surface area contributed by atoms with E-state index in [9.17, 15) is 9.90 Å². The van der Waals surface area contributed by atoms with E-state index in [1.54, 1.807) is 0 Å². The second-order valence-electron chi connectivity index (χ2n) is 6.24. The average Bonchev–Trinajstić information content (AvgIpc) is 2.67. The first kappa shape index (κ1) is 14.3. The summed E-state index contributed by atoms with van der Waals surface area (Å²) in [6.07, 6.45) is 5.35. The Kier molecular flexibility index (Phi) is 5.25. The number of hydrogen-bond acceptors (Lipinski definition) is 2. The van der Waals surface area contributed by atoms with Crippen LogP contribution in [0.1, 0.15) is 52.9 Å². The maximum absolute atomic E-state index is 11.7. The van der Waals surface area contributed by atoms with Gasteiger partial charge in [-0.05, 0) is 24.7 Å². The molecule has 0 aromatic carbocycles. The fourth-order valence-electron chi connectivity index (χ4n) is 2.38. The summed E-state index contributed by atoms with van der Waals surface area (Å²) < 4.78 is 0. The molecule has 1 atom stereocenters. The van der Waals surface area contributed by atoms with Gasteiger partial charge in [0.2, 0.25) is 0 Å². The molecule has 3 N–H and O–H groups in total. The Morgan fingerprint density at radius 2 is 1.94 bits per heavy atom. The van der Waals surface area contributed by atoms with Crippen molar-refractivity contribution in [2.24, 2.45) is 5.41 Å². The van der Waals surface area contributed by atoms with Crippen LogP contribution in [0.15, 0.2) is 0 Å². The molecule has 0 aromatic rings. The number of carbonyl (C=O) groups is 1. The van der Waals surface area contributed by atoms with Gasteiger partial charge in [-0.25, -0.2) is 4.79 Å². The van der Waals surface area contributed by atoms with Crippen molar-refractivity contribution in [2.45, 2.75) is 65.0 Å². The monoisotopic (exact) mass is 242 g/mol. The maximum Gasteiger partial charge on any atom is 0.315 e. The van der Waals surface area contributed by atoms with E-state index < -0.39 is 0 Å². The van der Waals surface area contributed by atoms with Crippen molar-refractivity contribution < 1.29 is 9.90 Å². The van der Waals surface area contributed by atoms with Gasteiger partial charge in [0.05, 0.1) is 12.6 Å². The lowest BCUT2D eigenvalue weighted by Gasteiger charge is -2.26. The molecule has 2 amide bonds. The first-order valence-electron chi connectivity index (χ1n) is 6.58. The summed E-state index contributed by atoms with van der Waals surface area (Å²) in [6, 6.07) is 0.0283. The topological polar surface area (TPSA) is 61.4 Å². The standard InChI is InChI=1S/C13H26N2O2/c1-13(2,3)8-11(9-16)15-12(17)14-10-6-4-5-7-10/h10-11,16H,4-9H2,1-3H3,(H2,14,15,17). The largest absolute Gasteiger partial charge is 0.394 e. The molecule has 1 aliphatic rings. The molecule has 4 heteroatoms. The van der Waals surface area contributed by atoms with Gasteiger partial charge in [-0.15, -0.1) is 0 Å². The normalized spacial score (nSPS) is 19.1. The number of urea groups is 1. The summed E-state index contributed by atoms with van der Waals surface area (Å²) >= 11 is 0. The molecule has 0 aromatic heterocycles. The van der Waals surface area contributed by atoms with Crippen molar-refractivity contribution in [1.29, 1.82) is 0 Å². The minimum atomic E-state index is -0.156. The van der Waals surface area contributed by atoms with Crippen molar-refractivity contribution in [3.05, 3.63) is 0 Å². The lowest BCUT2D eigenvalue weighted by molar-refractivity contribution is 0.189. The van der Waals surface area contributed by atoms with Gasteiger partial charge < -0.3 is 15.7 Å². The van der Waals surface area contributed by atoms with Crippen molar-refractivity contribution in [2.75, 3.05) is 6.61 Å². The van der Waals surface area contributed by atoms with Crippen LogP contribution in [0.2, 0.25) is 0 Å². The van der Waals surface area contributed by atoms with Crippen LogP contribution in [0.3, 0.4) is 0 Å². The highest BCUT2D eigenvalue weighted by Gasteiger charge is 2.22. The molecule has 1 aliphatic carbocycles. The molecule has 1 rings (SSSR count). The molecule has 4 nitrogen and oxygen atoms in total. The van der Waals surface area contributed by atoms with Crippen LogP contribution in [0.5, 0.6) is 0 Å². The van der Waals surface area contributed by atoms with Crippen LogP contribution in [0.4, 0.5) is 4.79 Å². The quantitative estimate of drug-likeness (QED) is 0.706. The Morgan fingerprint density at radius 1 is 1.35 bits per heavy atom. The first-order valence-corrected chi connectivity index (χ1v) is 6.58. The highest BCUT2D eigenvalue weighted by molar-refractivity contribution is 5.74. The molecule has 0 heterocycles. The number of rotatable bonds is 4. The van der Waals surface area contributed by atoms with E-state index >= 15 is 0 Å². The Bertz CT molecular complexity index is 242. The molecule has 1 unspecified atom stereocenters. The van der Waals surface area contributed by atoms with Crippen LogP contribution in [-0.2, 0) is 0 Å². The lowest BCUT2D eigenvalue weighted by Crippen LogP contribution is -2.47. The fourth-order valence-corrected chi connectivity index (χ4v) is 2.38. The molecule has 1 saturated carbocycles. The van der Waals surface area contributed by atoms with Gasteiger partial charge in [-0.1, -0.05) is 33.6 Å². The van der Waals surface area contributed by atoms with E-state index in [-0.39, 0.29) is 24.1 Å². The Morgan fingerprint density at radius 3 is 2.41 bits per heavy atom. The van der Waals surface area contributed by atoms with E-state index in [2.05, 4.69) is 31.4 Å². The Labute approximate surface area is 104 Å². The number of hydrogen-bond donors (Lipinski definition) is 3. The number of amides is 2. The Balaban J connectivity index is 2.31. The van der Waals surface area contributed by atoms with Crippen LogP contribution in [0, 0.1) is 5.41 Å². The van der Waals surface area contributed by atoms with E-state index in [1.165, 1.54) is 12.8 Å². The van der Waals surface area contributed by atoms with Gasteiger partial charge in [0.25, 0.3) is 0 Å². The molecule has 0 radical (unpaired) electrons. The lowest BCUT2D eigenvalue weighted by atomic mass is 9.88. The zero-order valence-electron chi connectivity index (χ0n) is 11.3. The highest BCUT2D eigenvalue weighted by atomic mass is 16.3. The van der Waals surface area contributed by atoms with E-state index in [1.807, 2.05) is 0 Å². The number of nitrogens with one attached hydrogen (secondary N) is 2. The second-order valence-corrected chi connectivity index (χ2v) is 6.24. The number of aliphatic hydroxyl groups is 1. The molecule has 17 heavy (non-hydrogen) atoms. The summed E-state index contributed by atoms with van der Waals surface area (Å²) in [5.41, 5.74) is 0.105. The van der Waals surface area contributed by atoms with Gasteiger partial charge in [0, 0.05) is 6.04 Å². The van der Waals surface area contributed by atoms with Crippen molar-refractivity contribution in [1.82, 2.24) is 10.6 Å². The average molecular weight is 242 g/mol. The number of aliphatic hydroxyl groups excluding tert-OH is 1. The molecule has 0 saturated heterocycles. The predicted molar refractivity (Wildman–Crippen MR) is 68.9 cm³/mol. The molecular formula is C13H26N2O2. The van der Waals surface area contributed by atoms with Crippen LogP contribution >= 0.6 is 0 Å². The minimum Gasteiger partial charge on any atom is -0.394 e. The van der Waals surface area contributed by atoms with E-state index in [4.69, 9.17) is 0 Å². The van der Waals surface area contributed by atoms with Gasteiger partial charge >= 0.3 is 6.03 Å². The summed E-state index contributed by atoms with van der Waals surface area (Å²) in [5, 5.41) is 15.1. The molecular weight excluding hydrogens is 216 g/mol. The third kappa shape index (κ3) is 5.91. The SMILES string of the molecule is CC(C)(C)CC(CO)NC(=O)NC1CCCC1. The van der Waals surface area contributed by atoms with Gasteiger partial charge in [0.15, 0.2) is 0 Å². The third-order valence-electron chi connectivity index (χ3n) is 3.10. The minimum absolute atomic E-state index is 0.00461. The zero-order chi connectivity index (χ0) is 12.9. The molecule has 0 aliphatic heterocycles. The van der Waals surface area contributed by atoms with Gasteiger partial charge in [-0.2, -0.15) is 0 Å². The second kappa shape index (κ2) is 6.24. The van der Waals surface area contributed by atoms with Crippen molar-refractivity contribution >= 4 is 6.03 Å². The summed E-state index contributed by atoms with van der Waals surface area (Å²) in [7, 11) is 0. The maximum atomic E-state index is 11.7. The highest BCUT2D eigenvalue weighted by Crippen LogP contribution is 2.21. The van der Waals surface area contributed by atoms with Crippen LogP contribution < -0.4 is 10.6 Å².